The van der Waals surface area contributed by atoms with Crippen LogP contribution in [0.4, 0.5) is 0 Å². The summed E-state index contributed by atoms with van der Waals surface area (Å²) in [4.78, 5) is 13.3. The molecular weight excluding hydrogens is 256 g/mol. The number of primary sulfonamides is 1. The van der Waals surface area contributed by atoms with Crippen molar-refractivity contribution in [3.05, 3.63) is 29.8 Å². The maximum absolute atomic E-state index is 12.0. The minimum Gasteiger partial charge on any atom is -0.383 e. The predicted octanol–water partition coefficient (Wildman–Crippen LogP) is 0.0524. The zero-order chi connectivity index (χ0) is 13.8. The van der Waals surface area contributed by atoms with E-state index in [0.29, 0.717) is 13.2 Å². The van der Waals surface area contributed by atoms with Crippen LogP contribution >= 0.6 is 0 Å². The largest absolute Gasteiger partial charge is 0.383 e. The number of hydrogen-bond acceptors (Lipinski definition) is 4. The number of sulfonamides is 1. The average Bonchev–Trinajstić information content (AvgIpc) is 2.34. The van der Waals surface area contributed by atoms with E-state index >= 15 is 0 Å². The molecule has 100 valence electrons. The van der Waals surface area contributed by atoms with Gasteiger partial charge in [-0.3, -0.25) is 4.79 Å². The first-order chi connectivity index (χ1) is 8.36. The maximum Gasteiger partial charge on any atom is 0.253 e. The van der Waals surface area contributed by atoms with Gasteiger partial charge in [-0.2, -0.15) is 0 Å². The van der Waals surface area contributed by atoms with E-state index < -0.39 is 10.0 Å². The Kier molecular flexibility index (Phi) is 4.83. The lowest BCUT2D eigenvalue weighted by Gasteiger charge is -2.16. The van der Waals surface area contributed by atoms with Crippen LogP contribution in [0.5, 0.6) is 0 Å². The minimum absolute atomic E-state index is 0.0755. The summed E-state index contributed by atoms with van der Waals surface area (Å²) >= 11 is 0. The van der Waals surface area contributed by atoms with Gasteiger partial charge in [0.1, 0.15) is 0 Å². The van der Waals surface area contributed by atoms with Crippen LogP contribution in [0.15, 0.2) is 29.2 Å². The number of methoxy groups -OCH3 is 1. The molecule has 1 aromatic carbocycles. The highest BCUT2D eigenvalue weighted by Crippen LogP contribution is 2.11. The minimum atomic E-state index is -3.80. The molecule has 6 nitrogen and oxygen atoms in total. The lowest BCUT2D eigenvalue weighted by atomic mass is 10.2. The Balaban J connectivity index is 2.93. The quantitative estimate of drug-likeness (QED) is 0.820. The third-order valence-electron chi connectivity index (χ3n) is 2.39. The zero-order valence-electron chi connectivity index (χ0n) is 10.3. The van der Waals surface area contributed by atoms with Gasteiger partial charge in [0.15, 0.2) is 0 Å². The van der Waals surface area contributed by atoms with E-state index in [9.17, 15) is 13.2 Å². The van der Waals surface area contributed by atoms with Crippen molar-refractivity contribution in [1.29, 1.82) is 0 Å². The van der Waals surface area contributed by atoms with Crippen LogP contribution in [0.25, 0.3) is 0 Å². The fourth-order valence-electron chi connectivity index (χ4n) is 1.36. The summed E-state index contributed by atoms with van der Waals surface area (Å²) in [6, 6.07) is 5.64. The lowest BCUT2D eigenvalue weighted by molar-refractivity contribution is 0.0744. The zero-order valence-corrected chi connectivity index (χ0v) is 11.1. The van der Waals surface area contributed by atoms with Gasteiger partial charge in [0, 0.05) is 26.3 Å². The van der Waals surface area contributed by atoms with Crippen molar-refractivity contribution in [3.63, 3.8) is 0 Å². The molecule has 1 aromatic rings. The fourth-order valence-corrected chi connectivity index (χ4v) is 1.92. The highest BCUT2D eigenvalue weighted by molar-refractivity contribution is 7.89. The SMILES string of the molecule is COCCN(C)C(=O)c1cccc(S(N)(=O)=O)c1. The van der Waals surface area contributed by atoms with Crippen molar-refractivity contribution < 1.29 is 17.9 Å². The smallest absolute Gasteiger partial charge is 0.253 e. The second kappa shape index (κ2) is 5.94. The van der Waals surface area contributed by atoms with Crippen LogP contribution in [0.3, 0.4) is 0 Å². The first kappa shape index (κ1) is 14.6. The fraction of sp³-hybridized carbons (Fsp3) is 0.364. The number of carbonyl (C=O) groups excluding carboxylic acids is 1. The summed E-state index contributed by atoms with van der Waals surface area (Å²) in [5.41, 5.74) is 0.278. The van der Waals surface area contributed by atoms with Crippen molar-refractivity contribution in [2.45, 2.75) is 4.90 Å². The number of benzene rings is 1. The number of nitrogens with two attached hydrogens (primary N) is 1. The Morgan fingerprint density at radius 3 is 2.67 bits per heavy atom. The maximum atomic E-state index is 12.0. The topological polar surface area (TPSA) is 89.7 Å². The highest BCUT2D eigenvalue weighted by Gasteiger charge is 2.14. The monoisotopic (exact) mass is 272 g/mol. The number of hydrogen-bond donors (Lipinski definition) is 1. The van der Waals surface area contributed by atoms with Crippen LogP contribution in [-0.2, 0) is 14.8 Å². The normalized spacial score (nSPS) is 11.3. The molecular formula is C11H16N2O4S. The van der Waals surface area contributed by atoms with Gasteiger partial charge in [0.25, 0.3) is 5.91 Å². The van der Waals surface area contributed by atoms with E-state index in [2.05, 4.69) is 0 Å². The second-order valence-corrected chi connectivity index (χ2v) is 5.35. The molecule has 0 radical (unpaired) electrons. The van der Waals surface area contributed by atoms with Crippen LogP contribution in [0.2, 0.25) is 0 Å². The van der Waals surface area contributed by atoms with E-state index in [0.717, 1.165) is 0 Å². The molecule has 0 unspecified atom stereocenters. The van der Waals surface area contributed by atoms with E-state index in [1.807, 2.05) is 0 Å². The Hall–Kier alpha value is -1.44. The summed E-state index contributed by atoms with van der Waals surface area (Å²) in [6.07, 6.45) is 0. The van der Waals surface area contributed by atoms with Crippen LogP contribution in [0.1, 0.15) is 10.4 Å². The van der Waals surface area contributed by atoms with Crippen molar-refractivity contribution in [3.8, 4) is 0 Å². The van der Waals surface area contributed by atoms with E-state index in [-0.39, 0.29) is 16.4 Å². The van der Waals surface area contributed by atoms with E-state index in [1.165, 1.54) is 23.1 Å². The van der Waals surface area contributed by atoms with E-state index in [1.54, 1.807) is 20.2 Å². The van der Waals surface area contributed by atoms with Crippen molar-refractivity contribution in [2.75, 3.05) is 27.3 Å². The number of ether oxygens (including phenoxy) is 1. The molecule has 0 saturated heterocycles. The molecule has 0 aliphatic rings. The van der Waals surface area contributed by atoms with Gasteiger partial charge in [-0.1, -0.05) is 6.07 Å². The van der Waals surface area contributed by atoms with Crippen molar-refractivity contribution in [2.24, 2.45) is 5.14 Å². The Morgan fingerprint density at radius 1 is 1.44 bits per heavy atom. The highest BCUT2D eigenvalue weighted by atomic mass is 32.2. The molecule has 0 saturated carbocycles. The number of amides is 1. The first-order valence-corrected chi connectivity index (χ1v) is 6.78. The number of carbonyl (C=O) groups is 1. The van der Waals surface area contributed by atoms with Gasteiger partial charge in [0.2, 0.25) is 10.0 Å². The van der Waals surface area contributed by atoms with Gasteiger partial charge in [-0.05, 0) is 18.2 Å². The molecule has 1 amide bonds. The predicted molar refractivity (Wildman–Crippen MR) is 66.7 cm³/mol. The van der Waals surface area contributed by atoms with Gasteiger partial charge < -0.3 is 9.64 Å². The van der Waals surface area contributed by atoms with Crippen LogP contribution in [0, 0.1) is 0 Å². The third-order valence-corrected chi connectivity index (χ3v) is 3.30. The van der Waals surface area contributed by atoms with E-state index in [4.69, 9.17) is 9.88 Å². The molecule has 0 aromatic heterocycles. The molecule has 0 aliphatic carbocycles. The van der Waals surface area contributed by atoms with Crippen LogP contribution < -0.4 is 5.14 Å². The Labute approximate surface area is 106 Å². The molecule has 0 fully saturated rings. The second-order valence-electron chi connectivity index (χ2n) is 3.79. The first-order valence-electron chi connectivity index (χ1n) is 5.23. The Morgan fingerprint density at radius 2 is 2.11 bits per heavy atom. The van der Waals surface area contributed by atoms with Crippen molar-refractivity contribution in [1.82, 2.24) is 4.90 Å². The molecule has 0 atom stereocenters. The van der Waals surface area contributed by atoms with Gasteiger partial charge in [-0.25, -0.2) is 13.6 Å². The lowest BCUT2D eigenvalue weighted by Crippen LogP contribution is -2.30. The molecule has 7 heteroatoms. The Bertz CT molecular complexity index is 528. The number of nitrogens with zero attached hydrogens (tertiary/aromatic N) is 1. The molecule has 0 heterocycles. The van der Waals surface area contributed by atoms with Crippen LogP contribution in [-0.4, -0.2) is 46.5 Å². The van der Waals surface area contributed by atoms with Gasteiger partial charge in [-0.15, -0.1) is 0 Å². The summed E-state index contributed by atoms with van der Waals surface area (Å²) in [7, 11) is -0.639. The van der Waals surface area contributed by atoms with Gasteiger partial charge in [0.05, 0.1) is 11.5 Å². The summed E-state index contributed by atoms with van der Waals surface area (Å²) in [5, 5.41) is 5.01. The molecule has 0 spiro atoms. The summed E-state index contributed by atoms with van der Waals surface area (Å²) in [6.45, 7) is 0.839. The average molecular weight is 272 g/mol. The molecule has 2 N–H and O–H groups in total. The molecule has 18 heavy (non-hydrogen) atoms. The van der Waals surface area contributed by atoms with Gasteiger partial charge >= 0.3 is 0 Å². The standard InChI is InChI=1S/C11H16N2O4S/c1-13(6-7-17-2)11(14)9-4-3-5-10(8-9)18(12,15)16/h3-5,8H,6-7H2,1-2H3,(H2,12,15,16). The molecule has 1 rings (SSSR count). The summed E-state index contributed by atoms with van der Waals surface area (Å²) in [5.74, 6) is -0.280. The summed E-state index contributed by atoms with van der Waals surface area (Å²) < 4.78 is 27.2. The van der Waals surface area contributed by atoms with Crippen molar-refractivity contribution >= 4 is 15.9 Å². The number of rotatable bonds is 5. The number of likely N-dealkylation sites (N-methyl/N-ethyl adjacent to an activating group) is 1. The molecule has 0 bridgehead atoms. The molecule has 0 aliphatic heterocycles. The third kappa shape index (κ3) is 3.80.